The van der Waals surface area contributed by atoms with Crippen LogP contribution >= 0.6 is 12.4 Å². The molecule has 0 fully saturated rings. The van der Waals surface area contributed by atoms with Crippen LogP contribution in [0.5, 0.6) is 5.75 Å². The van der Waals surface area contributed by atoms with Crippen molar-refractivity contribution in [2.24, 2.45) is 5.92 Å². The Balaban J connectivity index is 0.00000420. The predicted octanol–water partition coefficient (Wildman–Crippen LogP) is 3.20. The first-order valence-electron chi connectivity index (χ1n) is 9.56. The molecule has 0 aliphatic heterocycles. The molecule has 2 rings (SSSR count). The summed E-state index contributed by atoms with van der Waals surface area (Å²) in [5, 5.41) is 5.74. The number of benzene rings is 2. The zero-order valence-electron chi connectivity index (χ0n) is 17.1. The summed E-state index contributed by atoms with van der Waals surface area (Å²) >= 11 is 0. The van der Waals surface area contributed by atoms with Crippen molar-refractivity contribution in [3.8, 4) is 5.75 Å². The highest BCUT2D eigenvalue weighted by molar-refractivity contribution is 5.97. The summed E-state index contributed by atoms with van der Waals surface area (Å²) in [6.07, 6.45) is 0.698. The molecule has 0 saturated heterocycles. The Labute approximate surface area is 178 Å². The third kappa shape index (κ3) is 7.66. The molecule has 158 valence electrons. The highest BCUT2D eigenvalue weighted by atomic mass is 35.5. The van der Waals surface area contributed by atoms with Gasteiger partial charge in [-0.3, -0.25) is 9.59 Å². The zero-order valence-corrected chi connectivity index (χ0v) is 17.9. The molecule has 0 radical (unpaired) electrons. The maximum Gasteiger partial charge on any atom is 0.251 e. The molecule has 2 aromatic carbocycles. The van der Waals surface area contributed by atoms with Gasteiger partial charge in [-0.2, -0.15) is 0 Å². The van der Waals surface area contributed by atoms with Crippen molar-refractivity contribution in [2.45, 2.75) is 33.2 Å². The molecule has 2 amide bonds. The number of nitrogens with two attached hydrogens (primary N) is 1. The number of anilines is 1. The molecular formula is C22H30ClN3O3. The van der Waals surface area contributed by atoms with Gasteiger partial charge in [-0.15, -0.1) is 12.4 Å². The van der Waals surface area contributed by atoms with Crippen LogP contribution in [-0.2, 0) is 11.2 Å². The molecule has 1 unspecified atom stereocenters. The smallest absolute Gasteiger partial charge is 0.251 e. The lowest BCUT2D eigenvalue weighted by molar-refractivity contribution is -0.123. The van der Waals surface area contributed by atoms with Crippen LogP contribution in [0.1, 0.15) is 36.7 Å². The fourth-order valence-electron chi connectivity index (χ4n) is 2.75. The second-order valence-corrected chi connectivity index (χ2v) is 6.94. The van der Waals surface area contributed by atoms with E-state index in [1.54, 1.807) is 24.3 Å². The third-order valence-electron chi connectivity index (χ3n) is 4.36. The Hall–Kier alpha value is -2.73. The number of ether oxygens (including phenoxy) is 1. The van der Waals surface area contributed by atoms with Crippen LogP contribution < -0.4 is 21.1 Å². The largest absolute Gasteiger partial charge is 0.494 e. The van der Waals surface area contributed by atoms with Gasteiger partial charge in [-0.05, 0) is 61.2 Å². The van der Waals surface area contributed by atoms with Crippen molar-refractivity contribution in [1.82, 2.24) is 10.6 Å². The van der Waals surface area contributed by atoms with Gasteiger partial charge < -0.3 is 21.1 Å². The Morgan fingerprint density at radius 1 is 1.03 bits per heavy atom. The van der Waals surface area contributed by atoms with Gasteiger partial charge in [0.15, 0.2) is 0 Å². The Morgan fingerprint density at radius 2 is 1.66 bits per heavy atom. The number of amides is 2. The van der Waals surface area contributed by atoms with E-state index in [-0.39, 0.29) is 30.1 Å². The number of carbonyl (C=O) groups excluding carboxylic acids is 2. The number of rotatable bonds is 9. The van der Waals surface area contributed by atoms with E-state index < -0.39 is 6.04 Å². The molecule has 6 nitrogen and oxygen atoms in total. The van der Waals surface area contributed by atoms with Gasteiger partial charge in [0.2, 0.25) is 5.91 Å². The molecular weight excluding hydrogens is 390 g/mol. The molecule has 0 bridgehead atoms. The van der Waals surface area contributed by atoms with E-state index in [0.717, 1.165) is 5.56 Å². The molecule has 0 heterocycles. The maximum atomic E-state index is 12.6. The number of hydrogen-bond acceptors (Lipinski definition) is 4. The molecule has 2 aromatic rings. The highest BCUT2D eigenvalue weighted by Crippen LogP contribution is 2.13. The van der Waals surface area contributed by atoms with Gasteiger partial charge in [0.25, 0.3) is 5.91 Å². The third-order valence-corrected chi connectivity index (χ3v) is 4.36. The lowest BCUT2D eigenvalue weighted by Gasteiger charge is -2.22. The average molecular weight is 420 g/mol. The highest BCUT2D eigenvalue weighted by Gasteiger charge is 2.24. The van der Waals surface area contributed by atoms with Crippen molar-refractivity contribution in [1.29, 1.82) is 0 Å². The van der Waals surface area contributed by atoms with Crippen LogP contribution in [0.25, 0.3) is 0 Å². The van der Waals surface area contributed by atoms with Gasteiger partial charge in [0, 0.05) is 17.8 Å². The summed E-state index contributed by atoms with van der Waals surface area (Å²) in [5.41, 5.74) is 7.97. The fourth-order valence-corrected chi connectivity index (χ4v) is 2.75. The standard InChI is InChI=1S/C22H29N3O3.ClH/c1-4-28-19-11-7-17(8-12-19)21(26)25-20(15(2)3)22(27)24-14-13-16-5-9-18(23)10-6-16;/h5-12,15,20H,4,13-14,23H2,1-3H3,(H,24,27)(H,25,26);1H. The molecule has 1 atom stereocenters. The molecule has 0 saturated carbocycles. The van der Waals surface area contributed by atoms with E-state index >= 15 is 0 Å². The van der Waals surface area contributed by atoms with Crippen LogP contribution in [0, 0.1) is 5.92 Å². The second-order valence-electron chi connectivity index (χ2n) is 6.94. The minimum atomic E-state index is -0.606. The van der Waals surface area contributed by atoms with Gasteiger partial charge in [0.1, 0.15) is 11.8 Å². The fraction of sp³-hybridized carbons (Fsp3) is 0.364. The first-order chi connectivity index (χ1) is 13.4. The summed E-state index contributed by atoms with van der Waals surface area (Å²) in [5.74, 6) is 0.197. The van der Waals surface area contributed by atoms with Crippen LogP contribution in [0.3, 0.4) is 0 Å². The lowest BCUT2D eigenvalue weighted by Crippen LogP contribution is -2.50. The molecule has 0 aliphatic rings. The molecule has 29 heavy (non-hydrogen) atoms. The van der Waals surface area contributed by atoms with Crippen LogP contribution in [0.4, 0.5) is 5.69 Å². The minimum absolute atomic E-state index is 0. The van der Waals surface area contributed by atoms with E-state index in [2.05, 4.69) is 10.6 Å². The summed E-state index contributed by atoms with van der Waals surface area (Å²) in [6.45, 7) is 6.77. The quantitative estimate of drug-likeness (QED) is 0.544. The van der Waals surface area contributed by atoms with Gasteiger partial charge in [-0.25, -0.2) is 0 Å². The Kier molecular flexibility index (Phi) is 10.0. The van der Waals surface area contributed by atoms with Crippen molar-refractivity contribution < 1.29 is 14.3 Å². The Morgan fingerprint density at radius 3 is 2.21 bits per heavy atom. The number of carbonyl (C=O) groups is 2. The van der Waals surface area contributed by atoms with E-state index in [4.69, 9.17) is 10.5 Å². The SMILES string of the molecule is CCOc1ccc(C(=O)NC(C(=O)NCCc2ccc(N)cc2)C(C)C)cc1.Cl. The number of nitrogens with one attached hydrogen (secondary N) is 2. The predicted molar refractivity (Wildman–Crippen MR) is 119 cm³/mol. The molecule has 4 N–H and O–H groups in total. The van der Waals surface area contributed by atoms with E-state index in [9.17, 15) is 9.59 Å². The van der Waals surface area contributed by atoms with Crippen molar-refractivity contribution in [3.05, 3.63) is 59.7 Å². The Bertz CT molecular complexity index is 777. The summed E-state index contributed by atoms with van der Waals surface area (Å²) < 4.78 is 5.38. The summed E-state index contributed by atoms with van der Waals surface area (Å²) in [7, 11) is 0. The van der Waals surface area contributed by atoms with E-state index in [0.29, 0.717) is 36.6 Å². The summed E-state index contributed by atoms with van der Waals surface area (Å²) in [4.78, 5) is 25.1. The van der Waals surface area contributed by atoms with Crippen LogP contribution in [0.15, 0.2) is 48.5 Å². The van der Waals surface area contributed by atoms with Gasteiger partial charge in [-0.1, -0.05) is 26.0 Å². The van der Waals surface area contributed by atoms with Crippen LogP contribution in [-0.4, -0.2) is 31.0 Å². The lowest BCUT2D eigenvalue weighted by atomic mass is 10.0. The molecule has 7 heteroatoms. The van der Waals surface area contributed by atoms with Crippen molar-refractivity contribution in [2.75, 3.05) is 18.9 Å². The first-order valence-corrected chi connectivity index (χ1v) is 9.56. The number of halogens is 1. The van der Waals surface area contributed by atoms with Gasteiger partial charge >= 0.3 is 0 Å². The second kappa shape index (κ2) is 12.0. The first kappa shape index (κ1) is 24.3. The van der Waals surface area contributed by atoms with Crippen molar-refractivity contribution >= 4 is 29.9 Å². The number of nitrogen functional groups attached to an aromatic ring is 1. The number of hydrogen-bond donors (Lipinski definition) is 3. The normalized spacial score (nSPS) is 11.3. The average Bonchev–Trinajstić information content (AvgIpc) is 2.68. The molecule has 0 spiro atoms. The van der Waals surface area contributed by atoms with E-state index in [1.807, 2.05) is 45.0 Å². The topological polar surface area (TPSA) is 93.4 Å². The van der Waals surface area contributed by atoms with Crippen molar-refractivity contribution in [3.63, 3.8) is 0 Å². The minimum Gasteiger partial charge on any atom is -0.494 e. The zero-order chi connectivity index (χ0) is 20.5. The summed E-state index contributed by atoms with van der Waals surface area (Å²) in [6, 6.07) is 13.8. The van der Waals surface area contributed by atoms with Crippen LogP contribution in [0.2, 0.25) is 0 Å². The molecule has 0 aromatic heterocycles. The molecule has 0 aliphatic carbocycles. The monoisotopic (exact) mass is 419 g/mol. The maximum absolute atomic E-state index is 12.6. The van der Waals surface area contributed by atoms with Gasteiger partial charge in [0.05, 0.1) is 6.61 Å². The van der Waals surface area contributed by atoms with E-state index in [1.165, 1.54) is 0 Å².